The number of benzene rings is 1. The fourth-order valence-corrected chi connectivity index (χ4v) is 4.21. The zero-order chi connectivity index (χ0) is 29.5. The minimum Gasteiger partial charge on any atom is -0.370 e. The number of H-pyrrole nitrogens is 1. The number of aryl methyl sites for hydroxylation is 1. The summed E-state index contributed by atoms with van der Waals surface area (Å²) >= 11 is 0. The number of nitrogens with one attached hydrogen (secondary N) is 3. The maximum absolute atomic E-state index is 12.8. The molecular formula is C27H34F4N6O4. The van der Waals surface area contributed by atoms with Crippen LogP contribution < -0.4 is 10.6 Å². The topological polar surface area (TPSA) is 135 Å². The lowest BCUT2D eigenvalue weighted by Gasteiger charge is -2.34. The summed E-state index contributed by atoms with van der Waals surface area (Å²) in [5, 5.41) is 12.2. The second-order valence-corrected chi connectivity index (χ2v) is 10.7. The van der Waals surface area contributed by atoms with Crippen molar-refractivity contribution in [2.45, 2.75) is 82.8 Å². The molecule has 10 nitrogen and oxygen atoms in total. The monoisotopic (exact) mass is 582 g/mol. The van der Waals surface area contributed by atoms with E-state index in [2.05, 4.69) is 35.5 Å². The minimum atomic E-state index is -2.76. The Kier molecular flexibility index (Phi) is 9.94. The van der Waals surface area contributed by atoms with Crippen molar-refractivity contribution in [1.82, 2.24) is 30.9 Å². The molecule has 2 saturated carbocycles. The van der Waals surface area contributed by atoms with Crippen LogP contribution >= 0.6 is 0 Å². The molecule has 14 heteroatoms. The summed E-state index contributed by atoms with van der Waals surface area (Å²) in [6.07, 6.45) is 5.56. The van der Waals surface area contributed by atoms with Gasteiger partial charge in [0.1, 0.15) is 12.3 Å². The number of hydrogen-bond donors (Lipinski definition) is 3. The third-order valence-corrected chi connectivity index (χ3v) is 6.70. The Hall–Kier alpha value is -3.55. The largest absolute Gasteiger partial charge is 0.370 e. The first-order valence-corrected chi connectivity index (χ1v) is 13.6. The number of alkyl halides is 4. The molecule has 1 aromatic carbocycles. The average Bonchev–Trinajstić information content (AvgIpc) is 3.62. The summed E-state index contributed by atoms with van der Waals surface area (Å²) in [4.78, 5) is 30.4. The van der Waals surface area contributed by atoms with Crippen LogP contribution in [0.3, 0.4) is 0 Å². The Balaban J connectivity index is 0.000000172. The van der Waals surface area contributed by atoms with Gasteiger partial charge in [0.15, 0.2) is 5.69 Å². The van der Waals surface area contributed by atoms with E-state index in [-0.39, 0.29) is 56.2 Å². The van der Waals surface area contributed by atoms with E-state index in [1.54, 1.807) is 13.3 Å². The Morgan fingerprint density at radius 2 is 1.83 bits per heavy atom. The molecule has 224 valence electrons. The van der Waals surface area contributed by atoms with E-state index >= 15 is 0 Å². The maximum Gasteiger partial charge on any atom is 0.275 e. The number of fused-ring (bicyclic) bond motifs is 1. The number of imidazole rings is 1. The number of nitrogens with zero attached hydrogens (tertiary/aromatic N) is 3. The zero-order valence-electron chi connectivity index (χ0n) is 22.7. The summed E-state index contributed by atoms with van der Waals surface area (Å²) in [5.74, 6) is -6.12. The third-order valence-electron chi connectivity index (χ3n) is 6.70. The standard InChI is InChI=1S/C14H15F2N3O.C10H13F2N3O3.C3H6/c15-14(16)5-10(6-14)4-13(20)17-7-9-1-2-11-12(3-9)19-8-18-11;1-6-8(15-18-14-6)9(16)13-4-7-2-3-10(11,12)5-17-7;1-2-3-1/h1-3,8,10H,4-7H2,(H,17,20)(H,18,19);7H,2-5H2,1H3,(H,13,16);1-3H2. The molecule has 3 N–H and O–H groups in total. The Labute approximate surface area is 233 Å². The number of rotatable bonds is 7. The zero-order valence-corrected chi connectivity index (χ0v) is 22.7. The van der Waals surface area contributed by atoms with Crippen LogP contribution in [0.4, 0.5) is 17.6 Å². The molecule has 2 aromatic heterocycles. The van der Waals surface area contributed by atoms with Crippen molar-refractivity contribution in [3.63, 3.8) is 0 Å². The van der Waals surface area contributed by atoms with Gasteiger partial charge in [-0.2, -0.15) is 0 Å². The van der Waals surface area contributed by atoms with E-state index in [4.69, 9.17) is 4.74 Å². The molecule has 0 bridgehead atoms. The Bertz CT molecular complexity index is 1290. The van der Waals surface area contributed by atoms with Gasteiger partial charge in [0, 0.05) is 38.8 Å². The third kappa shape index (κ3) is 9.80. The van der Waals surface area contributed by atoms with Crippen LogP contribution in [0.2, 0.25) is 0 Å². The van der Waals surface area contributed by atoms with Crippen molar-refractivity contribution >= 4 is 22.8 Å². The van der Waals surface area contributed by atoms with Crippen LogP contribution in [0.5, 0.6) is 0 Å². The van der Waals surface area contributed by atoms with Crippen LogP contribution in [-0.4, -0.2) is 63.2 Å². The van der Waals surface area contributed by atoms with Gasteiger partial charge in [-0.05, 0) is 42.1 Å². The van der Waals surface area contributed by atoms with Gasteiger partial charge >= 0.3 is 0 Å². The number of carbonyl (C=O) groups excluding carboxylic acids is 2. The highest BCUT2D eigenvalue weighted by Gasteiger charge is 2.45. The highest BCUT2D eigenvalue weighted by atomic mass is 19.3. The molecule has 1 saturated heterocycles. The summed E-state index contributed by atoms with van der Waals surface area (Å²) in [6, 6.07) is 5.68. The van der Waals surface area contributed by atoms with E-state index < -0.39 is 30.5 Å². The first-order valence-electron chi connectivity index (χ1n) is 13.6. The lowest BCUT2D eigenvalue weighted by atomic mass is 9.79. The Morgan fingerprint density at radius 3 is 2.44 bits per heavy atom. The van der Waals surface area contributed by atoms with Gasteiger partial charge < -0.3 is 20.4 Å². The van der Waals surface area contributed by atoms with Gasteiger partial charge in [0.05, 0.1) is 23.5 Å². The molecule has 41 heavy (non-hydrogen) atoms. The van der Waals surface area contributed by atoms with E-state index in [0.717, 1.165) is 16.6 Å². The number of carbonyl (C=O) groups is 2. The number of ether oxygens (including phenoxy) is 1. The molecule has 3 heterocycles. The number of aromatic nitrogens is 4. The van der Waals surface area contributed by atoms with E-state index in [1.165, 1.54) is 19.3 Å². The SMILES string of the molecule is C1CC1.Cc1nonc1C(=O)NCC1CCC(F)(F)CO1.O=C(CC1CC(F)(F)C1)NCc1ccc2nc[nH]c2c1. The summed E-state index contributed by atoms with van der Waals surface area (Å²) in [6.45, 7) is 1.55. The lowest BCUT2D eigenvalue weighted by molar-refractivity contribution is -0.141. The average molecular weight is 583 g/mol. The van der Waals surface area contributed by atoms with Crippen LogP contribution in [0, 0.1) is 12.8 Å². The van der Waals surface area contributed by atoms with Crippen molar-refractivity contribution in [2.75, 3.05) is 13.2 Å². The highest BCUT2D eigenvalue weighted by molar-refractivity contribution is 5.92. The second-order valence-electron chi connectivity index (χ2n) is 10.7. The van der Waals surface area contributed by atoms with Gasteiger partial charge in [0.2, 0.25) is 11.8 Å². The van der Waals surface area contributed by atoms with Gasteiger partial charge in [0.25, 0.3) is 11.8 Å². The van der Waals surface area contributed by atoms with Gasteiger partial charge in [-0.3, -0.25) is 9.59 Å². The number of aromatic amines is 1. The fraction of sp³-hybridized carbons (Fsp3) is 0.593. The van der Waals surface area contributed by atoms with Crippen molar-refractivity contribution in [3.05, 3.63) is 41.5 Å². The quantitative estimate of drug-likeness (QED) is 0.344. The van der Waals surface area contributed by atoms with Gasteiger partial charge in [-0.25, -0.2) is 27.2 Å². The molecule has 2 amide bonds. The molecule has 0 radical (unpaired) electrons. The van der Waals surface area contributed by atoms with Crippen LogP contribution in [0.1, 0.15) is 73.1 Å². The molecular weight excluding hydrogens is 548 g/mol. The highest BCUT2D eigenvalue weighted by Crippen LogP contribution is 2.43. The number of hydrogen-bond acceptors (Lipinski definition) is 7. The molecule has 1 unspecified atom stereocenters. The van der Waals surface area contributed by atoms with Crippen molar-refractivity contribution in [3.8, 4) is 0 Å². The molecule has 2 aliphatic carbocycles. The summed E-state index contributed by atoms with van der Waals surface area (Å²) < 4.78 is 60.3. The smallest absolute Gasteiger partial charge is 0.275 e. The second kappa shape index (κ2) is 13.4. The normalized spacial score (nSPS) is 20.5. The summed E-state index contributed by atoms with van der Waals surface area (Å²) in [7, 11) is 0. The predicted octanol–water partition coefficient (Wildman–Crippen LogP) is 4.71. The maximum atomic E-state index is 12.8. The molecule has 0 spiro atoms. The van der Waals surface area contributed by atoms with Crippen LogP contribution in [-0.2, 0) is 16.1 Å². The van der Waals surface area contributed by atoms with Crippen molar-refractivity contribution < 1.29 is 36.5 Å². The first kappa shape index (κ1) is 30.4. The predicted molar refractivity (Wildman–Crippen MR) is 139 cm³/mol. The molecule has 3 fully saturated rings. The molecule has 3 aliphatic rings. The number of amides is 2. The molecule has 6 rings (SSSR count). The van der Waals surface area contributed by atoms with Crippen molar-refractivity contribution in [2.24, 2.45) is 5.92 Å². The lowest BCUT2D eigenvalue weighted by Crippen LogP contribution is -2.41. The Morgan fingerprint density at radius 1 is 1.07 bits per heavy atom. The van der Waals surface area contributed by atoms with E-state index in [9.17, 15) is 27.2 Å². The van der Waals surface area contributed by atoms with Gasteiger partial charge in [-0.15, -0.1) is 0 Å². The van der Waals surface area contributed by atoms with Crippen LogP contribution in [0.15, 0.2) is 29.2 Å². The first-order chi connectivity index (χ1) is 19.5. The summed E-state index contributed by atoms with van der Waals surface area (Å²) in [5.41, 5.74) is 3.21. The fourth-order valence-electron chi connectivity index (χ4n) is 4.21. The number of halogens is 4. The minimum absolute atomic E-state index is 0.0936. The molecule has 1 aliphatic heterocycles. The van der Waals surface area contributed by atoms with Crippen LogP contribution in [0.25, 0.3) is 11.0 Å². The molecule has 3 aromatic rings. The van der Waals surface area contributed by atoms with Crippen molar-refractivity contribution in [1.29, 1.82) is 0 Å². The van der Waals surface area contributed by atoms with Gasteiger partial charge in [-0.1, -0.05) is 30.5 Å². The van der Waals surface area contributed by atoms with E-state index in [1.807, 2.05) is 18.2 Å². The van der Waals surface area contributed by atoms with E-state index in [0.29, 0.717) is 12.2 Å². The molecule has 1 atom stereocenters.